The molecule has 0 fully saturated rings. The van der Waals surface area contributed by atoms with Gasteiger partial charge >= 0.3 is 0 Å². The predicted molar refractivity (Wildman–Crippen MR) is 111 cm³/mol. The summed E-state index contributed by atoms with van der Waals surface area (Å²) < 4.78 is 2.35. The van der Waals surface area contributed by atoms with Gasteiger partial charge in [-0.1, -0.05) is 46.3 Å². The van der Waals surface area contributed by atoms with E-state index in [9.17, 15) is 9.59 Å². The van der Waals surface area contributed by atoms with Crippen molar-refractivity contribution in [1.29, 1.82) is 0 Å². The van der Waals surface area contributed by atoms with Gasteiger partial charge in [-0.2, -0.15) is 0 Å². The van der Waals surface area contributed by atoms with Crippen molar-refractivity contribution in [3.8, 4) is 0 Å². The van der Waals surface area contributed by atoms with Crippen LogP contribution in [0.4, 0.5) is 0 Å². The number of fused-ring (bicyclic) bond motifs is 1. The maximum absolute atomic E-state index is 12.6. The van der Waals surface area contributed by atoms with E-state index in [4.69, 9.17) is 0 Å². The van der Waals surface area contributed by atoms with Crippen molar-refractivity contribution in [2.75, 3.05) is 13.1 Å². The first kappa shape index (κ1) is 19.3. The number of aromatic nitrogens is 2. The summed E-state index contributed by atoms with van der Waals surface area (Å²) in [5.41, 5.74) is 1.74. The van der Waals surface area contributed by atoms with Crippen molar-refractivity contribution in [3.63, 3.8) is 0 Å². The van der Waals surface area contributed by atoms with Crippen LogP contribution in [0, 0.1) is 0 Å². The van der Waals surface area contributed by atoms with Gasteiger partial charge in [-0.25, -0.2) is 4.98 Å². The number of rotatable bonds is 7. The molecule has 6 heteroatoms. The number of likely N-dealkylation sites (N-methyl/N-ethyl adjacent to an activating group) is 1. The summed E-state index contributed by atoms with van der Waals surface area (Å²) in [5.74, 6) is 0.0506. The number of carbonyl (C=O) groups excluding carboxylic acids is 1. The standard InChI is InChI=1S/C21H22BrN3O2/c1-2-24(12-10-16-6-4-3-5-7-16)20(26)11-13-25-15-23-19-9-8-17(22)14-18(19)21(25)27/h3-9,14-15H,2,10-13H2,1H3. The minimum atomic E-state index is -0.124. The maximum Gasteiger partial charge on any atom is 0.261 e. The number of carbonyl (C=O) groups is 1. The second-order valence-electron chi connectivity index (χ2n) is 6.36. The number of amides is 1. The average molecular weight is 428 g/mol. The summed E-state index contributed by atoms with van der Waals surface area (Å²) in [6.07, 6.45) is 2.63. The molecule has 2 aromatic carbocycles. The summed E-state index contributed by atoms with van der Waals surface area (Å²) in [6, 6.07) is 15.6. The molecule has 1 aromatic heterocycles. The SMILES string of the molecule is CCN(CCc1ccccc1)C(=O)CCn1cnc2ccc(Br)cc2c1=O. The molecule has 27 heavy (non-hydrogen) atoms. The lowest BCUT2D eigenvalue weighted by molar-refractivity contribution is -0.131. The van der Waals surface area contributed by atoms with Crippen molar-refractivity contribution >= 4 is 32.7 Å². The Hall–Kier alpha value is -2.47. The zero-order valence-corrected chi connectivity index (χ0v) is 16.9. The molecule has 0 spiro atoms. The van der Waals surface area contributed by atoms with Crippen molar-refractivity contribution in [3.05, 3.63) is 75.2 Å². The molecule has 5 nitrogen and oxygen atoms in total. The lowest BCUT2D eigenvalue weighted by Gasteiger charge is -2.21. The molecule has 1 amide bonds. The summed E-state index contributed by atoms with van der Waals surface area (Å²) >= 11 is 3.38. The number of aryl methyl sites for hydroxylation is 1. The molecule has 140 valence electrons. The summed E-state index contributed by atoms with van der Waals surface area (Å²) in [5, 5.41) is 0.552. The number of nitrogens with zero attached hydrogens (tertiary/aromatic N) is 3. The van der Waals surface area contributed by atoms with Gasteiger partial charge in [-0.05, 0) is 37.1 Å². The molecular formula is C21H22BrN3O2. The largest absolute Gasteiger partial charge is 0.343 e. The Kier molecular flexibility index (Phi) is 6.40. The van der Waals surface area contributed by atoms with Gasteiger partial charge in [0.2, 0.25) is 5.91 Å². The Morgan fingerprint density at radius 2 is 1.96 bits per heavy atom. The Morgan fingerprint density at radius 1 is 1.19 bits per heavy atom. The normalized spacial score (nSPS) is 10.9. The lowest BCUT2D eigenvalue weighted by Crippen LogP contribution is -2.34. The topological polar surface area (TPSA) is 55.2 Å². The first-order chi connectivity index (χ1) is 13.1. The van der Waals surface area contributed by atoms with Gasteiger partial charge < -0.3 is 4.90 Å². The quantitative estimate of drug-likeness (QED) is 0.578. The van der Waals surface area contributed by atoms with E-state index in [-0.39, 0.29) is 17.9 Å². The lowest BCUT2D eigenvalue weighted by atomic mass is 10.1. The minimum Gasteiger partial charge on any atom is -0.343 e. The highest BCUT2D eigenvalue weighted by molar-refractivity contribution is 9.10. The highest BCUT2D eigenvalue weighted by Gasteiger charge is 2.13. The van der Waals surface area contributed by atoms with E-state index in [0.717, 1.165) is 10.9 Å². The highest BCUT2D eigenvalue weighted by atomic mass is 79.9. The third-order valence-corrected chi connectivity index (χ3v) is 5.09. The number of halogens is 1. The van der Waals surface area contributed by atoms with E-state index in [1.807, 2.05) is 36.1 Å². The zero-order valence-electron chi connectivity index (χ0n) is 15.3. The minimum absolute atomic E-state index is 0.0506. The van der Waals surface area contributed by atoms with Crippen LogP contribution in [0.3, 0.4) is 0 Å². The van der Waals surface area contributed by atoms with Crippen LogP contribution in [0.15, 0.2) is 64.1 Å². The van der Waals surface area contributed by atoms with Gasteiger partial charge in [0.05, 0.1) is 17.2 Å². The first-order valence-electron chi connectivity index (χ1n) is 9.05. The van der Waals surface area contributed by atoms with Gasteiger partial charge in [0.15, 0.2) is 0 Å². The van der Waals surface area contributed by atoms with E-state index in [1.165, 1.54) is 16.5 Å². The second-order valence-corrected chi connectivity index (χ2v) is 7.28. The van der Waals surface area contributed by atoms with Gasteiger partial charge in [-0.3, -0.25) is 14.2 Å². The Balaban J connectivity index is 1.64. The van der Waals surface area contributed by atoms with Crippen molar-refractivity contribution in [2.24, 2.45) is 0 Å². The van der Waals surface area contributed by atoms with Crippen molar-refractivity contribution < 1.29 is 4.79 Å². The molecule has 0 aliphatic heterocycles. The molecule has 0 aliphatic rings. The van der Waals surface area contributed by atoms with Crippen molar-refractivity contribution in [2.45, 2.75) is 26.3 Å². The fourth-order valence-electron chi connectivity index (χ4n) is 3.03. The smallest absolute Gasteiger partial charge is 0.261 e. The monoisotopic (exact) mass is 427 g/mol. The Labute approximate surface area is 166 Å². The molecule has 1 heterocycles. The van der Waals surface area contributed by atoms with Crippen LogP contribution in [0.2, 0.25) is 0 Å². The second kappa shape index (κ2) is 8.95. The van der Waals surface area contributed by atoms with Gasteiger partial charge in [0, 0.05) is 30.5 Å². The molecule has 0 aliphatic carbocycles. The predicted octanol–water partition coefficient (Wildman–Crippen LogP) is 3.64. The fraction of sp³-hybridized carbons (Fsp3) is 0.286. The Morgan fingerprint density at radius 3 is 2.70 bits per heavy atom. The molecular weight excluding hydrogens is 406 g/mol. The van der Waals surface area contributed by atoms with Crippen LogP contribution < -0.4 is 5.56 Å². The van der Waals surface area contributed by atoms with Crippen LogP contribution in [0.5, 0.6) is 0 Å². The third-order valence-electron chi connectivity index (χ3n) is 4.60. The highest BCUT2D eigenvalue weighted by Crippen LogP contribution is 2.15. The average Bonchev–Trinajstić information content (AvgIpc) is 2.69. The number of hydrogen-bond donors (Lipinski definition) is 0. The molecule has 0 radical (unpaired) electrons. The Bertz CT molecular complexity index is 986. The number of hydrogen-bond acceptors (Lipinski definition) is 3. The molecule has 3 aromatic rings. The van der Waals surface area contributed by atoms with Crippen LogP contribution >= 0.6 is 15.9 Å². The summed E-state index contributed by atoms with van der Waals surface area (Å²) in [4.78, 5) is 31.4. The van der Waals surface area contributed by atoms with E-state index >= 15 is 0 Å². The summed E-state index contributed by atoms with van der Waals surface area (Å²) in [6.45, 7) is 3.64. The molecule has 0 saturated heterocycles. The molecule has 0 bridgehead atoms. The zero-order chi connectivity index (χ0) is 19.2. The molecule has 0 N–H and O–H groups in total. The number of benzene rings is 2. The fourth-order valence-corrected chi connectivity index (χ4v) is 3.39. The van der Waals surface area contributed by atoms with E-state index in [0.29, 0.717) is 30.5 Å². The van der Waals surface area contributed by atoms with Gasteiger partial charge in [0.25, 0.3) is 5.56 Å². The molecule has 0 unspecified atom stereocenters. The van der Waals surface area contributed by atoms with Crippen LogP contribution in [0.25, 0.3) is 10.9 Å². The first-order valence-corrected chi connectivity index (χ1v) is 9.84. The van der Waals surface area contributed by atoms with Crippen LogP contribution in [-0.4, -0.2) is 33.4 Å². The molecule has 3 rings (SSSR count). The summed E-state index contributed by atoms with van der Waals surface area (Å²) in [7, 11) is 0. The van der Waals surface area contributed by atoms with Crippen molar-refractivity contribution in [1.82, 2.24) is 14.5 Å². The van der Waals surface area contributed by atoms with E-state index in [1.54, 1.807) is 12.1 Å². The third kappa shape index (κ3) is 4.83. The maximum atomic E-state index is 12.6. The van der Waals surface area contributed by atoms with Crippen LogP contribution in [0.1, 0.15) is 18.9 Å². The van der Waals surface area contributed by atoms with Gasteiger partial charge in [0.1, 0.15) is 0 Å². The van der Waals surface area contributed by atoms with E-state index < -0.39 is 0 Å². The van der Waals surface area contributed by atoms with E-state index in [2.05, 4.69) is 33.0 Å². The molecule has 0 saturated carbocycles. The van der Waals surface area contributed by atoms with Crippen LogP contribution in [-0.2, 0) is 17.8 Å². The molecule has 0 atom stereocenters. The van der Waals surface area contributed by atoms with Gasteiger partial charge in [-0.15, -0.1) is 0 Å².